The highest BCUT2D eigenvalue weighted by Crippen LogP contribution is 2.48. The zero-order valence-corrected chi connectivity index (χ0v) is 15.2. The van der Waals surface area contributed by atoms with E-state index in [2.05, 4.69) is 0 Å². The Balaban J connectivity index is 1.86. The molecule has 2 heterocycles. The lowest BCUT2D eigenvalue weighted by molar-refractivity contribution is -0.00191. The van der Waals surface area contributed by atoms with Gasteiger partial charge in [0, 0.05) is 18.7 Å². The second-order valence-corrected chi connectivity index (χ2v) is 7.17. The van der Waals surface area contributed by atoms with E-state index in [4.69, 9.17) is 14.2 Å². The van der Waals surface area contributed by atoms with Gasteiger partial charge in [0.05, 0.1) is 5.56 Å². The zero-order valence-electron chi connectivity index (χ0n) is 15.2. The molecule has 0 unspecified atom stereocenters. The van der Waals surface area contributed by atoms with Crippen molar-refractivity contribution in [3.63, 3.8) is 0 Å². The Kier molecular flexibility index (Phi) is 3.89. The molecule has 0 aromatic heterocycles. The lowest BCUT2D eigenvalue weighted by Crippen LogP contribution is -2.38. The van der Waals surface area contributed by atoms with E-state index in [0.29, 0.717) is 16.9 Å². The molecule has 2 aliphatic heterocycles. The number of phenols is 2. The number of hydrogen-bond acceptors (Lipinski definition) is 6. The second kappa shape index (κ2) is 6.03. The molecule has 27 heavy (non-hydrogen) atoms. The van der Waals surface area contributed by atoms with Crippen LogP contribution >= 0.6 is 0 Å². The van der Waals surface area contributed by atoms with Crippen molar-refractivity contribution in [2.24, 2.45) is 0 Å². The molecule has 0 saturated heterocycles. The Bertz CT molecular complexity index is 959. The monoisotopic (exact) mass is 368 g/mol. The van der Waals surface area contributed by atoms with E-state index >= 15 is 0 Å². The Morgan fingerprint density at radius 1 is 1.15 bits per heavy atom. The van der Waals surface area contributed by atoms with Crippen molar-refractivity contribution in [1.82, 2.24) is 0 Å². The first-order chi connectivity index (χ1) is 12.8. The molecule has 2 aromatic carbocycles. The van der Waals surface area contributed by atoms with E-state index < -0.39 is 23.6 Å². The SMILES string of the molecule is CO[C@H]1C(=O)c2c(cc3c(c2O)C=CC(C)(C)O3)O[C@H]1c1ccccc1O. The standard InChI is InChI=1S/C21H20O6/c1-21(2)9-8-12-14(27-21)10-15-16(17(12)23)18(24)20(25-3)19(26-15)11-6-4-5-7-13(11)22/h4-10,19-20,22-23H,1-3H3/t19-,20-/m0/s1. The molecule has 0 amide bonds. The Morgan fingerprint density at radius 2 is 1.89 bits per heavy atom. The first-order valence-electron chi connectivity index (χ1n) is 8.62. The number of methoxy groups -OCH3 is 1. The van der Waals surface area contributed by atoms with Gasteiger partial charge in [-0.25, -0.2) is 0 Å². The third-order valence-corrected chi connectivity index (χ3v) is 4.82. The van der Waals surface area contributed by atoms with Crippen LogP contribution in [-0.2, 0) is 4.74 Å². The summed E-state index contributed by atoms with van der Waals surface area (Å²) in [6, 6.07) is 8.22. The highest BCUT2D eigenvalue weighted by molar-refractivity contribution is 6.07. The summed E-state index contributed by atoms with van der Waals surface area (Å²) in [4.78, 5) is 13.1. The number of carbonyl (C=O) groups is 1. The van der Waals surface area contributed by atoms with Crippen LogP contribution < -0.4 is 9.47 Å². The van der Waals surface area contributed by atoms with Gasteiger partial charge in [0.25, 0.3) is 0 Å². The molecular formula is C21H20O6. The number of Topliss-reactive ketones (excluding diaryl/α,β-unsaturated/α-hetero) is 1. The molecule has 2 aliphatic rings. The Morgan fingerprint density at radius 3 is 2.59 bits per heavy atom. The molecule has 0 saturated carbocycles. The van der Waals surface area contributed by atoms with Gasteiger partial charge in [-0.2, -0.15) is 0 Å². The molecule has 0 fully saturated rings. The molecule has 6 nitrogen and oxygen atoms in total. The summed E-state index contributed by atoms with van der Waals surface area (Å²) >= 11 is 0. The number of rotatable bonds is 2. The van der Waals surface area contributed by atoms with Crippen LogP contribution in [0.5, 0.6) is 23.0 Å². The van der Waals surface area contributed by atoms with Crippen molar-refractivity contribution in [3.05, 3.63) is 53.1 Å². The number of phenolic OH excluding ortho intramolecular Hbond substituents is 2. The molecule has 4 rings (SSSR count). The van der Waals surface area contributed by atoms with Crippen molar-refractivity contribution >= 4 is 11.9 Å². The average molecular weight is 368 g/mol. The second-order valence-electron chi connectivity index (χ2n) is 7.17. The van der Waals surface area contributed by atoms with Crippen molar-refractivity contribution in [2.75, 3.05) is 7.11 Å². The van der Waals surface area contributed by atoms with Crippen LogP contribution in [0.4, 0.5) is 0 Å². The molecular weight excluding hydrogens is 348 g/mol. The van der Waals surface area contributed by atoms with E-state index in [1.807, 2.05) is 19.9 Å². The van der Waals surface area contributed by atoms with Crippen LogP contribution in [0, 0.1) is 0 Å². The quantitative estimate of drug-likeness (QED) is 0.842. The molecule has 2 atom stereocenters. The van der Waals surface area contributed by atoms with E-state index in [0.717, 1.165) is 0 Å². The van der Waals surface area contributed by atoms with Crippen LogP contribution in [-0.4, -0.2) is 34.8 Å². The molecule has 0 spiro atoms. The van der Waals surface area contributed by atoms with E-state index in [-0.39, 0.29) is 22.8 Å². The van der Waals surface area contributed by atoms with E-state index in [9.17, 15) is 15.0 Å². The summed E-state index contributed by atoms with van der Waals surface area (Å²) in [5.74, 6) is 0.0215. The predicted octanol–water partition coefficient (Wildman–Crippen LogP) is 3.61. The highest BCUT2D eigenvalue weighted by atomic mass is 16.5. The number of aromatic hydroxyl groups is 2. The average Bonchev–Trinajstić information content (AvgIpc) is 2.60. The molecule has 2 N–H and O–H groups in total. The summed E-state index contributed by atoms with van der Waals surface area (Å²) in [5, 5.41) is 20.9. The fourth-order valence-electron chi connectivity index (χ4n) is 3.48. The maximum atomic E-state index is 13.1. The van der Waals surface area contributed by atoms with Crippen molar-refractivity contribution < 1.29 is 29.2 Å². The van der Waals surface area contributed by atoms with E-state index in [1.165, 1.54) is 13.2 Å². The van der Waals surface area contributed by atoms with Crippen LogP contribution in [0.1, 0.15) is 41.4 Å². The number of benzene rings is 2. The van der Waals surface area contributed by atoms with Crippen LogP contribution in [0.2, 0.25) is 0 Å². The molecule has 0 bridgehead atoms. The largest absolute Gasteiger partial charge is 0.508 e. The molecule has 140 valence electrons. The minimum atomic E-state index is -1.00. The highest BCUT2D eigenvalue weighted by Gasteiger charge is 2.43. The number of fused-ring (bicyclic) bond motifs is 2. The number of carbonyl (C=O) groups excluding carboxylic acids is 1. The molecule has 0 radical (unpaired) electrons. The van der Waals surface area contributed by atoms with Gasteiger partial charge in [0.2, 0.25) is 5.78 Å². The molecule has 0 aliphatic carbocycles. The number of ether oxygens (including phenoxy) is 3. The minimum absolute atomic E-state index is 0.00305. The zero-order chi connectivity index (χ0) is 19.3. The third-order valence-electron chi connectivity index (χ3n) is 4.82. The number of hydrogen-bond donors (Lipinski definition) is 2. The van der Waals surface area contributed by atoms with Crippen LogP contribution in [0.3, 0.4) is 0 Å². The number of ketones is 1. The first kappa shape index (κ1) is 17.4. The fraction of sp³-hybridized carbons (Fsp3) is 0.286. The summed E-state index contributed by atoms with van der Waals surface area (Å²) in [7, 11) is 1.39. The Labute approximate surface area is 156 Å². The summed E-state index contributed by atoms with van der Waals surface area (Å²) in [5.41, 5.74) is 0.376. The Hall–Kier alpha value is -2.99. The maximum absolute atomic E-state index is 13.1. The predicted molar refractivity (Wildman–Crippen MR) is 98.5 cm³/mol. The van der Waals surface area contributed by atoms with Gasteiger partial charge in [-0.3, -0.25) is 4.79 Å². The summed E-state index contributed by atoms with van der Waals surface area (Å²) < 4.78 is 17.3. The van der Waals surface area contributed by atoms with Gasteiger partial charge in [0.1, 0.15) is 34.2 Å². The minimum Gasteiger partial charge on any atom is -0.508 e. The lowest BCUT2D eigenvalue weighted by Gasteiger charge is -2.34. The topological polar surface area (TPSA) is 85.2 Å². The summed E-state index contributed by atoms with van der Waals surface area (Å²) in [6.07, 6.45) is 1.70. The smallest absolute Gasteiger partial charge is 0.203 e. The van der Waals surface area contributed by atoms with E-state index in [1.54, 1.807) is 30.3 Å². The van der Waals surface area contributed by atoms with Crippen LogP contribution in [0.25, 0.3) is 6.08 Å². The van der Waals surface area contributed by atoms with Crippen molar-refractivity contribution in [1.29, 1.82) is 0 Å². The normalized spacial score (nSPS) is 22.4. The first-order valence-corrected chi connectivity index (χ1v) is 8.62. The van der Waals surface area contributed by atoms with Gasteiger partial charge in [-0.05, 0) is 32.1 Å². The molecule has 6 heteroatoms. The maximum Gasteiger partial charge on any atom is 0.203 e. The van der Waals surface area contributed by atoms with Gasteiger partial charge in [0.15, 0.2) is 12.2 Å². The fourth-order valence-corrected chi connectivity index (χ4v) is 3.48. The third kappa shape index (κ3) is 2.73. The van der Waals surface area contributed by atoms with Crippen LogP contribution in [0.15, 0.2) is 36.4 Å². The number of para-hydroxylation sites is 1. The summed E-state index contributed by atoms with van der Waals surface area (Å²) in [6.45, 7) is 3.78. The van der Waals surface area contributed by atoms with Gasteiger partial charge >= 0.3 is 0 Å². The lowest BCUT2D eigenvalue weighted by atomic mass is 9.90. The van der Waals surface area contributed by atoms with Gasteiger partial charge in [-0.1, -0.05) is 18.2 Å². The molecule has 2 aromatic rings. The van der Waals surface area contributed by atoms with Gasteiger partial charge < -0.3 is 24.4 Å². The van der Waals surface area contributed by atoms with Gasteiger partial charge in [-0.15, -0.1) is 0 Å². The van der Waals surface area contributed by atoms with Crippen molar-refractivity contribution in [2.45, 2.75) is 31.7 Å². The van der Waals surface area contributed by atoms with Crippen molar-refractivity contribution in [3.8, 4) is 23.0 Å².